The highest BCUT2D eigenvalue weighted by Gasteiger charge is 2.38. The molecular weight excluding hydrogens is 649 g/mol. The van der Waals surface area contributed by atoms with E-state index in [-0.39, 0.29) is 17.4 Å². The lowest BCUT2D eigenvalue weighted by Crippen LogP contribution is -2.16. The Hall–Kier alpha value is -6.59. The Labute approximate surface area is 307 Å². The topological polar surface area (TPSA) is 52.8 Å². The number of fused-ring (bicyclic) bond motifs is 9. The summed E-state index contributed by atoms with van der Waals surface area (Å²) >= 11 is 0. The summed E-state index contributed by atoms with van der Waals surface area (Å²) < 4.78 is 8.69. The number of nitrogens with zero attached hydrogens (tertiary/aromatic N) is 4. The molecule has 11 rings (SSSR count). The van der Waals surface area contributed by atoms with Crippen LogP contribution in [0.2, 0.25) is 0 Å². The van der Waals surface area contributed by atoms with Crippen LogP contribution in [0.1, 0.15) is 36.5 Å². The van der Waals surface area contributed by atoms with Gasteiger partial charge in [0.25, 0.3) is 0 Å². The Morgan fingerprint density at radius 2 is 1.23 bits per heavy atom. The molecule has 2 unspecified atom stereocenters. The average Bonchev–Trinajstić information content (AvgIpc) is 3.84. The number of hydrogen-bond donors (Lipinski definition) is 0. The van der Waals surface area contributed by atoms with E-state index in [9.17, 15) is 0 Å². The van der Waals surface area contributed by atoms with Gasteiger partial charge in [-0.2, -0.15) is 9.97 Å². The van der Waals surface area contributed by atoms with Crippen molar-refractivity contribution in [2.45, 2.75) is 31.3 Å². The van der Waals surface area contributed by atoms with Crippen molar-refractivity contribution in [2.24, 2.45) is 0 Å². The van der Waals surface area contributed by atoms with Gasteiger partial charge in [-0.1, -0.05) is 153 Å². The first-order valence-electron chi connectivity index (χ1n) is 18.3. The summed E-state index contributed by atoms with van der Waals surface area (Å²) in [7, 11) is 0. The van der Waals surface area contributed by atoms with Crippen LogP contribution in [-0.4, -0.2) is 25.6 Å². The molecule has 2 atom stereocenters. The van der Waals surface area contributed by atoms with Crippen LogP contribution in [0.15, 0.2) is 158 Å². The third-order valence-electron chi connectivity index (χ3n) is 11.4. The van der Waals surface area contributed by atoms with E-state index in [0.29, 0.717) is 17.6 Å². The highest BCUT2D eigenvalue weighted by molar-refractivity contribution is 6.14. The van der Waals surface area contributed by atoms with Gasteiger partial charge in [0, 0.05) is 44.4 Å². The number of rotatable bonds is 4. The first-order chi connectivity index (χ1) is 26.1. The second-order valence-electron chi connectivity index (χ2n) is 14.7. The summed E-state index contributed by atoms with van der Waals surface area (Å²) in [6.45, 7) is 4.70. The van der Waals surface area contributed by atoms with Crippen LogP contribution in [0.3, 0.4) is 0 Å². The number of benzene rings is 6. The van der Waals surface area contributed by atoms with Crippen molar-refractivity contribution in [1.29, 1.82) is 0 Å². The Morgan fingerprint density at radius 3 is 2.13 bits per heavy atom. The highest BCUT2D eigenvalue weighted by atomic mass is 16.5. The normalized spacial score (nSPS) is 17.4. The van der Waals surface area contributed by atoms with E-state index in [1.165, 1.54) is 27.8 Å². The Kier molecular flexibility index (Phi) is 6.36. The van der Waals surface area contributed by atoms with Crippen molar-refractivity contribution >= 4 is 21.8 Å². The highest BCUT2D eigenvalue weighted by Crippen LogP contribution is 2.53. The Balaban J connectivity index is 1.21. The molecule has 53 heavy (non-hydrogen) atoms. The van der Waals surface area contributed by atoms with Crippen LogP contribution in [0.4, 0.5) is 0 Å². The maximum Gasteiger partial charge on any atom is 0.238 e. The lowest BCUT2D eigenvalue weighted by molar-refractivity contribution is 0.269. The fraction of sp³-hybridized carbons (Fsp3) is 0.104. The second kappa shape index (κ2) is 11.2. The molecule has 0 saturated heterocycles. The third-order valence-corrected chi connectivity index (χ3v) is 11.4. The van der Waals surface area contributed by atoms with Crippen molar-refractivity contribution in [1.82, 2.24) is 19.5 Å². The molecule has 0 spiro atoms. The lowest BCUT2D eigenvalue weighted by Gasteiger charge is -2.25. The van der Waals surface area contributed by atoms with E-state index in [1.807, 2.05) is 24.3 Å². The minimum atomic E-state index is -0.182. The standard InChI is InChI=1S/C48H34N4O/c1-48(2)38-25-9-6-17-30(38)32-20-12-21-33(43(32)48)35-23-13-22-34-31-18-7-10-26-39(31)52(44(34)35)47-50-45(29-15-4-3-5-16-29)49-46(51-47)37-24-14-28-41-42(37)36-19-8-11-27-40(36)53-41/h3-28,36,40H,1-2H3. The second-order valence-corrected chi connectivity index (χ2v) is 14.7. The SMILES string of the molecule is CC1(C)c2ccccc2-c2cccc(-c3cccc4c5ccccc5n(-c5nc(-c6ccccc6)nc(-c6cccc7c6C6C=CC=CC6O7)n5)c34)c21. The monoisotopic (exact) mass is 682 g/mol. The maximum atomic E-state index is 6.43. The van der Waals surface area contributed by atoms with Gasteiger partial charge >= 0.3 is 0 Å². The van der Waals surface area contributed by atoms with Gasteiger partial charge in [0.15, 0.2) is 11.6 Å². The van der Waals surface area contributed by atoms with Gasteiger partial charge in [-0.3, -0.25) is 4.57 Å². The molecule has 3 aliphatic rings. The predicted octanol–water partition coefficient (Wildman–Crippen LogP) is 11.2. The van der Waals surface area contributed by atoms with E-state index in [1.54, 1.807) is 0 Å². The van der Waals surface area contributed by atoms with Crippen LogP contribution < -0.4 is 4.74 Å². The minimum Gasteiger partial charge on any atom is -0.485 e. The van der Waals surface area contributed by atoms with E-state index in [2.05, 4.69) is 152 Å². The van der Waals surface area contributed by atoms with Crippen LogP contribution >= 0.6 is 0 Å². The van der Waals surface area contributed by atoms with Crippen LogP contribution in [0.5, 0.6) is 5.75 Å². The maximum absolute atomic E-state index is 6.43. The molecule has 5 nitrogen and oxygen atoms in total. The lowest BCUT2D eigenvalue weighted by atomic mass is 9.78. The summed E-state index contributed by atoms with van der Waals surface area (Å²) in [5.41, 5.74) is 12.6. The Bertz CT molecular complexity index is 2860. The zero-order valence-electron chi connectivity index (χ0n) is 29.4. The van der Waals surface area contributed by atoms with Gasteiger partial charge in [-0.05, 0) is 46.0 Å². The quantitative estimate of drug-likeness (QED) is 0.185. The fourth-order valence-corrected chi connectivity index (χ4v) is 9.11. The van der Waals surface area contributed by atoms with Crippen molar-refractivity contribution in [2.75, 3.05) is 0 Å². The van der Waals surface area contributed by atoms with Crippen molar-refractivity contribution < 1.29 is 4.74 Å². The first-order valence-corrected chi connectivity index (χ1v) is 18.3. The summed E-state index contributed by atoms with van der Waals surface area (Å²) in [5.74, 6) is 2.78. The number of para-hydroxylation sites is 2. The first kappa shape index (κ1) is 30.1. The molecule has 0 radical (unpaired) electrons. The zero-order valence-corrected chi connectivity index (χ0v) is 29.4. The molecule has 3 heterocycles. The predicted molar refractivity (Wildman–Crippen MR) is 213 cm³/mol. The smallest absolute Gasteiger partial charge is 0.238 e. The molecule has 1 aliphatic heterocycles. The molecule has 0 N–H and O–H groups in total. The molecule has 8 aromatic rings. The van der Waals surface area contributed by atoms with Crippen molar-refractivity contribution in [3.63, 3.8) is 0 Å². The number of hydrogen-bond acceptors (Lipinski definition) is 4. The molecule has 0 fully saturated rings. The van der Waals surface area contributed by atoms with E-state index >= 15 is 0 Å². The van der Waals surface area contributed by atoms with Gasteiger partial charge in [0.05, 0.1) is 11.0 Å². The summed E-state index contributed by atoms with van der Waals surface area (Å²) in [6, 6.07) is 47.3. The van der Waals surface area contributed by atoms with E-state index < -0.39 is 0 Å². The van der Waals surface area contributed by atoms with Crippen molar-refractivity contribution in [3.05, 3.63) is 174 Å². The molecule has 252 valence electrons. The van der Waals surface area contributed by atoms with Gasteiger partial charge in [0.1, 0.15) is 11.9 Å². The molecule has 6 aromatic carbocycles. The fourth-order valence-electron chi connectivity index (χ4n) is 9.11. The molecule has 0 bridgehead atoms. The molecule has 2 aromatic heterocycles. The number of allylic oxidation sites excluding steroid dienone is 2. The zero-order chi connectivity index (χ0) is 35.3. The molecule has 5 heteroatoms. The number of ether oxygens (including phenoxy) is 1. The third kappa shape index (κ3) is 4.34. The summed E-state index contributed by atoms with van der Waals surface area (Å²) in [5, 5.41) is 2.31. The van der Waals surface area contributed by atoms with Gasteiger partial charge in [-0.25, -0.2) is 4.98 Å². The van der Waals surface area contributed by atoms with Crippen LogP contribution in [0, 0.1) is 0 Å². The van der Waals surface area contributed by atoms with Crippen LogP contribution in [-0.2, 0) is 5.41 Å². The molecule has 0 amide bonds. The van der Waals surface area contributed by atoms with Gasteiger partial charge in [-0.15, -0.1) is 0 Å². The number of aromatic nitrogens is 4. The summed E-state index contributed by atoms with van der Waals surface area (Å²) in [4.78, 5) is 15.9. The molecule has 2 aliphatic carbocycles. The van der Waals surface area contributed by atoms with Gasteiger partial charge < -0.3 is 4.74 Å². The molecular formula is C48H34N4O. The van der Waals surface area contributed by atoms with E-state index in [4.69, 9.17) is 19.7 Å². The van der Waals surface area contributed by atoms with Crippen molar-refractivity contribution in [3.8, 4) is 56.7 Å². The average molecular weight is 683 g/mol. The molecule has 0 saturated carbocycles. The minimum absolute atomic E-state index is 0.0473. The Morgan fingerprint density at radius 1 is 0.566 bits per heavy atom. The van der Waals surface area contributed by atoms with Crippen LogP contribution in [0.25, 0.3) is 72.8 Å². The van der Waals surface area contributed by atoms with Gasteiger partial charge in [0.2, 0.25) is 5.95 Å². The summed E-state index contributed by atoms with van der Waals surface area (Å²) in [6.07, 6.45) is 8.46. The largest absolute Gasteiger partial charge is 0.485 e. The van der Waals surface area contributed by atoms with E-state index in [0.717, 1.165) is 49.8 Å².